The Morgan fingerprint density at radius 3 is 2.37 bits per heavy atom. The van der Waals surface area contributed by atoms with Gasteiger partial charge in [0.15, 0.2) is 0 Å². The Balaban J connectivity index is 1.36. The number of rotatable bonds is 7. The second kappa shape index (κ2) is 10.8. The van der Waals surface area contributed by atoms with Gasteiger partial charge in [0, 0.05) is 50.8 Å². The van der Waals surface area contributed by atoms with E-state index in [0.29, 0.717) is 31.0 Å². The summed E-state index contributed by atoms with van der Waals surface area (Å²) >= 11 is 0. The number of carbonyl (C=O) groups is 2. The molecule has 5 rings (SSSR count). The smallest absolute Gasteiger partial charge is 0.255 e. The summed E-state index contributed by atoms with van der Waals surface area (Å²) in [5, 5.41) is 12.2. The van der Waals surface area contributed by atoms with Crippen molar-refractivity contribution in [2.45, 2.75) is 108 Å². The molecule has 1 aromatic rings. The lowest BCUT2D eigenvalue weighted by Crippen LogP contribution is -2.62. The third kappa shape index (κ3) is 5.32. The maximum absolute atomic E-state index is 13.6. The Morgan fingerprint density at radius 1 is 1.05 bits per heavy atom. The zero-order valence-electron chi connectivity index (χ0n) is 23.7. The Morgan fingerprint density at radius 2 is 1.74 bits per heavy atom. The Hall–Kier alpha value is -2.15. The minimum atomic E-state index is -1.09. The van der Waals surface area contributed by atoms with Gasteiger partial charge in [-0.1, -0.05) is 51.9 Å². The molecule has 2 amide bonds. The maximum Gasteiger partial charge on any atom is 0.255 e. The van der Waals surface area contributed by atoms with E-state index < -0.39 is 11.0 Å². The second-order valence-corrected chi connectivity index (χ2v) is 13.3. The molecule has 0 aromatic carbocycles. The first kappa shape index (κ1) is 27.4. The monoisotopic (exact) mass is 525 g/mol. The number of piperidine rings is 1. The fourth-order valence-corrected chi connectivity index (χ4v) is 7.77. The van der Waals surface area contributed by atoms with Crippen molar-refractivity contribution in [3.63, 3.8) is 0 Å². The molecule has 1 saturated heterocycles. The Bertz CT molecular complexity index is 1090. The summed E-state index contributed by atoms with van der Waals surface area (Å²) in [6.07, 6.45) is 15.3. The van der Waals surface area contributed by atoms with Crippen LogP contribution in [0.25, 0.3) is 0 Å². The molecule has 1 N–H and O–H groups in total. The fraction of sp³-hybridized carbons (Fsp3) is 0.774. The fourth-order valence-electron chi connectivity index (χ4n) is 7.77. The first-order valence-electron chi connectivity index (χ1n) is 15.1. The van der Waals surface area contributed by atoms with Gasteiger partial charge in [-0.2, -0.15) is 0 Å². The number of carbonyl (C=O) groups excluding carboxylic acids is 2. The molecule has 1 spiro atoms. The predicted octanol–water partition coefficient (Wildman–Crippen LogP) is 4.56. The van der Waals surface area contributed by atoms with Gasteiger partial charge < -0.3 is 19.5 Å². The number of aliphatic hydroxyl groups is 1. The minimum Gasteiger partial charge on any atom is -0.387 e. The molecule has 2 heterocycles. The molecule has 3 saturated carbocycles. The number of pyridine rings is 1. The van der Waals surface area contributed by atoms with Crippen molar-refractivity contribution in [2.75, 3.05) is 27.2 Å². The molecule has 1 aliphatic heterocycles. The van der Waals surface area contributed by atoms with Gasteiger partial charge in [0.25, 0.3) is 11.5 Å². The summed E-state index contributed by atoms with van der Waals surface area (Å²) in [4.78, 5) is 43.4. The molecule has 2 atom stereocenters. The standard InChI is InChI=1S/C31H47N3O4/c1-22(17-23-9-5-4-6-10-23)28(36)33-16-15-31(38,30(20-33)13-7-8-14-30)21-34-19-26(29(37)32(2)3)25(18-27(34)35)24-11-12-24/h18-19,22-24,38H,4-17,20-21H2,1-3H3/t22-,31-/m1/s1. The predicted molar refractivity (Wildman–Crippen MR) is 148 cm³/mol. The lowest BCUT2D eigenvalue weighted by Gasteiger charge is -2.53. The van der Waals surface area contributed by atoms with Crippen molar-refractivity contribution in [1.29, 1.82) is 0 Å². The van der Waals surface area contributed by atoms with Crippen LogP contribution in [0.4, 0.5) is 0 Å². The third-order valence-electron chi connectivity index (χ3n) is 10.2. The quantitative estimate of drug-likeness (QED) is 0.566. The molecule has 7 heteroatoms. The normalized spacial score (nSPS) is 26.5. The molecule has 4 aliphatic rings. The van der Waals surface area contributed by atoms with Gasteiger partial charge in [-0.05, 0) is 55.9 Å². The number of aromatic nitrogens is 1. The van der Waals surface area contributed by atoms with Crippen LogP contribution in [0, 0.1) is 17.3 Å². The van der Waals surface area contributed by atoms with Crippen LogP contribution in [0.3, 0.4) is 0 Å². The van der Waals surface area contributed by atoms with Crippen LogP contribution in [0.1, 0.15) is 112 Å². The summed E-state index contributed by atoms with van der Waals surface area (Å²) in [6, 6.07) is 1.63. The topological polar surface area (TPSA) is 82.8 Å². The van der Waals surface area contributed by atoms with E-state index in [2.05, 4.69) is 6.92 Å². The van der Waals surface area contributed by atoms with Crippen LogP contribution in [0.5, 0.6) is 0 Å². The average Bonchev–Trinajstić information content (AvgIpc) is 3.64. The summed E-state index contributed by atoms with van der Waals surface area (Å²) < 4.78 is 1.58. The van der Waals surface area contributed by atoms with Crippen molar-refractivity contribution in [3.8, 4) is 0 Å². The average molecular weight is 526 g/mol. The molecule has 7 nitrogen and oxygen atoms in total. The van der Waals surface area contributed by atoms with Crippen LogP contribution in [0.15, 0.2) is 17.1 Å². The summed E-state index contributed by atoms with van der Waals surface area (Å²) in [5.74, 6) is 1.09. The van der Waals surface area contributed by atoms with Crippen LogP contribution in [-0.2, 0) is 11.3 Å². The maximum atomic E-state index is 13.6. The molecule has 4 fully saturated rings. The SMILES string of the molecule is C[C@H](CC1CCCCC1)C(=O)N1CC[C@@](O)(Cn2cc(C(=O)N(C)C)c(C3CC3)cc2=O)C2(CCCC2)C1. The lowest BCUT2D eigenvalue weighted by atomic mass is 9.65. The third-order valence-corrected chi connectivity index (χ3v) is 10.2. The largest absolute Gasteiger partial charge is 0.387 e. The molecule has 0 bridgehead atoms. The molecule has 210 valence electrons. The van der Waals surface area contributed by atoms with Gasteiger partial charge in [-0.15, -0.1) is 0 Å². The second-order valence-electron chi connectivity index (χ2n) is 13.3. The number of nitrogens with zero attached hydrogens (tertiary/aromatic N) is 3. The Labute approximate surface area is 227 Å². The Kier molecular flexibility index (Phi) is 7.78. The van der Waals surface area contributed by atoms with Crippen LogP contribution in [-0.4, -0.2) is 64.1 Å². The van der Waals surface area contributed by atoms with Crippen molar-refractivity contribution in [2.24, 2.45) is 17.3 Å². The van der Waals surface area contributed by atoms with Crippen LogP contribution in [0.2, 0.25) is 0 Å². The van der Waals surface area contributed by atoms with E-state index in [0.717, 1.165) is 50.5 Å². The van der Waals surface area contributed by atoms with Gasteiger partial charge in [0.05, 0.1) is 17.7 Å². The highest BCUT2D eigenvalue weighted by Crippen LogP contribution is 2.52. The number of hydrogen-bond acceptors (Lipinski definition) is 4. The number of hydrogen-bond donors (Lipinski definition) is 1. The molecule has 38 heavy (non-hydrogen) atoms. The van der Waals surface area contributed by atoms with Crippen molar-refractivity contribution in [1.82, 2.24) is 14.4 Å². The summed E-state index contributed by atoms with van der Waals surface area (Å²) in [6.45, 7) is 3.34. The molecule has 3 aliphatic carbocycles. The molecular formula is C31H47N3O4. The molecule has 0 unspecified atom stereocenters. The number of likely N-dealkylation sites (tertiary alicyclic amines) is 1. The summed E-state index contributed by atoms with van der Waals surface area (Å²) in [7, 11) is 3.47. The molecule has 0 radical (unpaired) electrons. The van der Waals surface area contributed by atoms with E-state index in [1.807, 2.05) is 4.90 Å². The zero-order valence-corrected chi connectivity index (χ0v) is 23.7. The van der Waals surface area contributed by atoms with Gasteiger partial charge in [-0.25, -0.2) is 0 Å². The van der Waals surface area contributed by atoms with Crippen molar-refractivity contribution >= 4 is 11.8 Å². The van der Waals surface area contributed by atoms with E-state index in [-0.39, 0.29) is 35.8 Å². The van der Waals surface area contributed by atoms with E-state index in [1.165, 1.54) is 32.1 Å². The highest BCUT2D eigenvalue weighted by molar-refractivity contribution is 5.95. The number of amides is 2. The van der Waals surface area contributed by atoms with Crippen LogP contribution >= 0.6 is 0 Å². The first-order chi connectivity index (χ1) is 18.1. The van der Waals surface area contributed by atoms with Crippen LogP contribution < -0.4 is 5.56 Å². The zero-order chi connectivity index (χ0) is 27.1. The first-order valence-corrected chi connectivity index (χ1v) is 15.1. The molecular weight excluding hydrogens is 478 g/mol. The van der Waals surface area contributed by atoms with Gasteiger partial charge in [0.1, 0.15) is 0 Å². The highest BCUT2D eigenvalue weighted by Gasteiger charge is 2.56. The lowest BCUT2D eigenvalue weighted by molar-refractivity contribution is -0.163. The molecule has 1 aromatic heterocycles. The summed E-state index contributed by atoms with van der Waals surface area (Å²) in [5.41, 5.74) is -0.226. The highest BCUT2D eigenvalue weighted by atomic mass is 16.3. The van der Waals surface area contributed by atoms with Crippen molar-refractivity contribution in [3.05, 3.63) is 33.7 Å². The van der Waals surface area contributed by atoms with E-state index >= 15 is 0 Å². The van der Waals surface area contributed by atoms with Gasteiger partial charge in [0.2, 0.25) is 5.91 Å². The van der Waals surface area contributed by atoms with E-state index in [9.17, 15) is 19.5 Å². The minimum absolute atomic E-state index is 0.0138. The van der Waals surface area contributed by atoms with E-state index in [4.69, 9.17) is 0 Å². The van der Waals surface area contributed by atoms with Gasteiger partial charge >= 0.3 is 0 Å². The van der Waals surface area contributed by atoms with Crippen molar-refractivity contribution < 1.29 is 14.7 Å². The van der Waals surface area contributed by atoms with Gasteiger partial charge in [-0.3, -0.25) is 14.4 Å². The van der Waals surface area contributed by atoms with E-state index in [1.54, 1.807) is 35.8 Å².